The fourth-order valence-electron chi connectivity index (χ4n) is 2.63. The van der Waals surface area contributed by atoms with E-state index < -0.39 is 0 Å². The zero-order valence-corrected chi connectivity index (χ0v) is 12.2. The van der Waals surface area contributed by atoms with Crippen LogP contribution in [0.3, 0.4) is 0 Å². The average Bonchev–Trinajstić information content (AvgIpc) is 2.77. The van der Waals surface area contributed by atoms with Gasteiger partial charge in [-0.05, 0) is 39.8 Å². The molecule has 1 fully saturated rings. The van der Waals surface area contributed by atoms with E-state index in [1.54, 1.807) is 0 Å². The quantitative estimate of drug-likeness (QED) is 0.621. The van der Waals surface area contributed by atoms with Crippen LogP contribution in [0.4, 0.5) is 0 Å². The lowest BCUT2D eigenvalue weighted by atomic mass is 10.1. The highest BCUT2D eigenvalue weighted by atomic mass is 15.2. The Morgan fingerprint density at radius 2 is 1.82 bits per heavy atom. The Morgan fingerprint density at radius 3 is 2.47 bits per heavy atom. The van der Waals surface area contributed by atoms with Gasteiger partial charge in [0.15, 0.2) is 0 Å². The van der Waals surface area contributed by atoms with E-state index in [2.05, 4.69) is 31.0 Å². The Labute approximate surface area is 108 Å². The number of rotatable bonds is 9. The van der Waals surface area contributed by atoms with Gasteiger partial charge in [-0.2, -0.15) is 0 Å². The number of hydrogen-bond donors (Lipinski definition) is 1. The van der Waals surface area contributed by atoms with Gasteiger partial charge in [-0.15, -0.1) is 0 Å². The van der Waals surface area contributed by atoms with Gasteiger partial charge in [0.25, 0.3) is 0 Å². The van der Waals surface area contributed by atoms with Crippen LogP contribution in [0.5, 0.6) is 0 Å². The summed E-state index contributed by atoms with van der Waals surface area (Å²) in [6.07, 6.45) is 9.74. The molecule has 2 nitrogen and oxygen atoms in total. The summed E-state index contributed by atoms with van der Waals surface area (Å²) >= 11 is 0. The molecule has 0 aromatic rings. The van der Waals surface area contributed by atoms with Crippen molar-refractivity contribution >= 4 is 0 Å². The van der Waals surface area contributed by atoms with Gasteiger partial charge in [0.05, 0.1) is 0 Å². The maximum Gasteiger partial charge on any atom is 0.0207 e. The van der Waals surface area contributed by atoms with Gasteiger partial charge in [0.2, 0.25) is 0 Å². The Morgan fingerprint density at radius 1 is 1.12 bits per heavy atom. The molecule has 0 saturated carbocycles. The highest BCUT2D eigenvalue weighted by molar-refractivity contribution is 4.82. The van der Waals surface area contributed by atoms with Gasteiger partial charge >= 0.3 is 0 Å². The molecule has 102 valence electrons. The Bertz CT molecular complexity index is 180. The minimum Gasteiger partial charge on any atom is -0.313 e. The molecule has 1 unspecified atom stereocenters. The Balaban J connectivity index is 1.90. The SMILES string of the molecule is CCCCCCCCNC1CCN(C(C)C)C1. The molecule has 1 saturated heterocycles. The summed E-state index contributed by atoms with van der Waals surface area (Å²) in [6, 6.07) is 1.48. The van der Waals surface area contributed by atoms with Crippen LogP contribution in [0.2, 0.25) is 0 Å². The summed E-state index contributed by atoms with van der Waals surface area (Å²) in [5, 5.41) is 3.72. The molecule has 0 spiro atoms. The standard InChI is InChI=1S/C15H32N2/c1-4-5-6-7-8-9-11-16-15-10-12-17(13-15)14(2)3/h14-16H,4-13H2,1-3H3. The van der Waals surface area contributed by atoms with Crippen LogP contribution in [0.15, 0.2) is 0 Å². The molecule has 1 aliphatic rings. The second-order valence-electron chi connectivity index (χ2n) is 5.80. The first-order valence-electron chi connectivity index (χ1n) is 7.71. The monoisotopic (exact) mass is 240 g/mol. The van der Waals surface area contributed by atoms with Crippen LogP contribution in [0, 0.1) is 0 Å². The molecule has 1 rings (SSSR count). The topological polar surface area (TPSA) is 15.3 Å². The van der Waals surface area contributed by atoms with E-state index in [1.807, 2.05) is 0 Å². The third-order valence-electron chi connectivity index (χ3n) is 3.91. The molecule has 17 heavy (non-hydrogen) atoms. The van der Waals surface area contributed by atoms with Crippen LogP contribution in [-0.2, 0) is 0 Å². The van der Waals surface area contributed by atoms with Crippen molar-refractivity contribution in [3.63, 3.8) is 0 Å². The lowest BCUT2D eigenvalue weighted by Crippen LogP contribution is -2.35. The van der Waals surface area contributed by atoms with E-state index in [4.69, 9.17) is 0 Å². The van der Waals surface area contributed by atoms with Crippen LogP contribution in [0.1, 0.15) is 65.7 Å². The van der Waals surface area contributed by atoms with Gasteiger partial charge in [0.1, 0.15) is 0 Å². The van der Waals surface area contributed by atoms with Gasteiger partial charge < -0.3 is 5.32 Å². The molecule has 0 radical (unpaired) electrons. The first-order chi connectivity index (χ1) is 8.24. The smallest absolute Gasteiger partial charge is 0.0207 e. The molecule has 1 N–H and O–H groups in total. The maximum absolute atomic E-state index is 3.72. The molecular weight excluding hydrogens is 208 g/mol. The molecule has 2 heteroatoms. The summed E-state index contributed by atoms with van der Waals surface area (Å²) in [5.74, 6) is 0. The molecule has 0 aromatic carbocycles. The summed E-state index contributed by atoms with van der Waals surface area (Å²) in [4.78, 5) is 2.58. The van der Waals surface area contributed by atoms with Crippen molar-refractivity contribution in [2.75, 3.05) is 19.6 Å². The second kappa shape index (κ2) is 8.93. The molecule has 0 aromatic heterocycles. The lowest BCUT2D eigenvalue weighted by Gasteiger charge is -2.20. The summed E-state index contributed by atoms with van der Waals surface area (Å²) in [5.41, 5.74) is 0. The van der Waals surface area contributed by atoms with E-state index in [0.717, 1.165) is 12.1 Å². The zero-order chi connectivity index (χ0) is 12.5. The molecule has 1 aliphatic heterocycles. The minimum absolute atomic E-state index is 0.718. The third-order valence-corrected chi connectivity index (χ3v) is 3.91. The molecule has 0 bridgehead atoms. The molecular formula is C15H32N2. The average molecular weight is 240 g/mol. The minimum atomic E-state index is 0.718. The van der Waals surface area contributed by atoms with E-state index in [-0.39, 0.29) is 0 Å². The molecule has 0 amide bonds. The van der Waals surface area contributed by atoms with Crippen LogP contribution < -0.4 is 5.32 Å². The second-order valence-corrected chi connectivity index (χ2v) is 5.80. The van der Waals surface area contributed by atoms with Crippen molar-refractivity contribution < 1.29 is 0 Å². The zero-order valence-electron chi connectivity index (χ0n) is 12.2. The van der Waals surface area contributed by atoms with Gasteiger partial charge in [-0.3, -0.25) is 4.90 Å². The van der Waals surface area contributed by atoms with Crippen molar-refractivity contribution in [2.24, 2.45) is 0 Å². The Hall–Kier alpha value is -0.0800. The number of unbranched alkanes of at least 4 members (excludes halogenated alkanes) is 5. The first-order valence-corrected chi connectivity index (χ1v) is 7.71. The van der Waals surface area contributed by atoms with Gasteiger partial charge in [-0.25, -0.2) is 0 Å². The predicted molar refractivity (Wildman–Crippen MR) is 76.5 cm³/mol. The summed E-state index contributed by atoms with van der Waals surface area (Å²) in [7, 11) is 0. The third kappa shape index (κ3) is 6.42. The van der Waals surface area contributed by atoms with Crippen LogP contribution in [-0.4, -0.2) is 36.6 Å². The predicted octanol–water partition coefficient (Wildman–Crippen LogP) is 3.42. The van der Waals surface area contributed by atoms with Gasteiger partial charge in [0, 0.05) is 18.6 Å². The van der Waals surface area contributed by atoms with Crippen molar-refractivity contribution in [3.05, 3.63) is 0 Å². The lowest BCUT2D eigenvalue weighted by molar-refractivity contribution is 0.268. The highest BCUT2D eigenvalue weighted by Gasteiger charge is 2.23. The van der Waals surface area contributed by atoms with E-state index >= 15 is 0 Å². The molecule has 0 aliphatic carbocycles. The van der Waals surface area contributed by atoms with Crippen molar-refractivity contribution in [3.8, 4) is 0 Å². The number of likely N-dealkylation sites (tertiary alicyclic amines) is 1. The number of nitrogens with zero attached hydrogens (tertiary/aromatic N) is 1. The van der Waals surface area contributed by atoms with Gasteiger partial charge in [-0.1, -0.05) is 39.0 Å². The van der Waals surface area contributed by atoms with Crippen molar-refractivity contribution in [1.29, 1.82) is 0 Å². The van der Waals surface area contributed by atoms with E-state index in [1.165, 1.54) is 64.6 Å². The maximum atomic E-state index is 3.72. The Kier molecular flexibility index (Phi) is 7.87. The van der Waals surface area contributed by atoms with Crippen molar-refractivity contribution in [2.45, 2.75) is 77.8 Å². The van der Waals surface area contributed by atoms with Crippen molar-refractivity contribution in [1.82, 2.24) is 10.2 Å². The van der Waals surface area contributed by atoms with E-state index in [0.29, 0.717) is 0 Å². The molecule has 1 atom stereocenters. The van der Waals surface area contributed by atoms with Crippen LogP contribution in [0.25, 0.3) is 0 Å². The fraction of sp³-hybridized carbons (Fsp3) is 1.00. The highest BCUT2D eigenvalue weighted by Crippen LogP contribution is 2.12. The number of hydrogen-bond acceptors (Lipinski definition) is 2. The van der Waals surface area contributed by atoms with Crippen LogP contribution >= 0.6 is 0 Å². The summed E-state index contributed by atoms with van der Waals surface area (Å²) in [6.45, 7) is 10.6. The first kappa shape index (κ1) is 15.0. The largest absolute Gasteiger partial charge is 0.313 e. The van der Waals surface area contributed by atoms with E-state index in [9.17, 15) is 0 Å². The normalized spacial score (nSPS) is 21.5. The number of nitrogens with one attached hydrogen (secondary N) is 1. The fourth-order valence-corrected chi connectivity index (χ4v) is 2.63. The summed E-state index contributed by atoms with van der Waals surface area (Å²) < 4.78 is 0. The molecule has 1 heterocycles.